The molecule has 0 saturated carbocycles. The first-order valence-corrected chi connectivity index (χ1v) is 12.6. The van der Waals surface area contributed by atoms with Crippen molar-refractivity contribution in [3.63, 3.8) is 0 Å². The van der Waals surface area contributed by atoms with E-state index in [-0.39, 0.29) is 5.92 Å². The van der Waals surface area contributed by atoms with E-state index in [4.69, 9.17) is 4.98 Å². The fourth-order valence-electron chi connectivity index (χ4n) is 4.18. The highest BCUT2D eigenvalue weighted by molar-refractivity contribution is 7.98. The van der Waals surface area contributed by atoms with Gasteiger partial charge in [0.2, 0.25) is 0 Å². The first-order valence-electron chi connectivity index (χ1n) is 11.2. The van der Waals surface area contributed by atoms with E-state index in [0.717, 1.165) is 51.7 Å². The van der Waals surface area contributed by atoms with Crippen molar-refractivity contribution in [1.82, 2.24) is 24.9 Å². The van der Waals surface area contributed by atoms with Gasteiger partial charge >= 0.3 is 0 Å². The predicted octanol–water partition coefficient (Wildman–Crippen LogP) is 5.95. The second kappa shape index (κ2) is 10.1. The van der Waals surface area contributed by atoms with Gasteiger partial charge in [-0.15, -0.1) is 0 Å². The first-order chi connectivity index (χ1) is 16.7. The SMILES string of the molecule is CSCC(CNc1cc(-c2ccc(C)nc2)ncn1)c1cccc2c(-c3ccc[nH]3)ccnc12. The molecule has 7 heteroatoms. The molecule has 5 rings (SSSR count). The van der Waals surface area contributed by atoms with Gasteiger partial charge in [0.15, 0.2) is 0 Å². The number of aromatic amines is 1. The molecule has 0 spiro atoms. The van der Waals surface area contributed by atoms with Gasteiger partial charge in [0.1, 0.15) is 12.1 Å². The molecule has 0 aliphatic heterocycles. The topological polar surface area (TPSA) is 79.4 Å². The summed E-state index contributed by atoms with van der Waals surface area (Å²) in [5.41, 5.74) is 7.37. The molecule has 0 amide bonds. The number of para-hydroxylation sites is 1. The minimum atomic E-state index is 0.268. The quantitative estimate of drug-likeness (QED) is 0.294. The molecule has 1 atom stereocenters. The second-order valence-electron chi connectivity index (χ2n) is 8.20. The van der Waals surface area contributed by atoms with Crippen LogP contribution in [0.3, 0.4) is 0 Å². The van der Waals surface area contributed by atoms with Crippen LogP contribution in [0.1, 0.15) is 17.2 Å². The summed E-state index contributed by atoms with van der Waals surface area (Å²) in [6.07, 6.45) is 9.44. The van der Waals surface area contributed by atoms with Crippen molar-refractivity contribution in [3.8, 4) is 22.5 Å². The van der Waals surface area contributed by atoms with Crippen LogP contribution in [0.4, 0.5) is 5.82 Å². The Labute approximate surface area is 203 Å². The fraction of sp³-hybridized carbons (Fsp3) is 0.185. The third-order valence-corrected chi connectivity index (χ3v) is 6.64. The maximum Gasteiger partial charge on any atom is 0.129 e. The van der Waals surface area contributed by atoms with Gasteiger partial charge in [0.05, 0.1) is 11.2 Å². The standard InChI is InChI=1S/C27H26N6S/c1-18-8-9-19(14-30-18)25-13-26(33-17-32-25)31-15-20(16-34-2)21-5-3-6-23-22(10-12-29-27(21)23)24-7-4-11-28-24/h3-14,17,20,28H,15-16H2,1-2H3,(H,31,32,33). The summed E-state index contributed by atoms with van der Waals surface area (Å²) >= 11 is 1.84. The fourth-order valence-corrected chi connectivity index (χ4v) is 4.88. The van der Waals surface area contributed by atoms with E-state index in [0.29, 0.717) is 0 Å². The van der Waals surface area contributed by atoms with Gasteiger partial charge in [0.25, 0.3) is 0 Å². The zero-order chi connectivity index (χ0) is 23.3. The number of nitrogens with one attached hydrogen (secondary N) is 2. The summed E-state index contributed by atoms with van der Waals surface area (Å²) in [4.78, 5) is 21.4. The largest absolute Gasteiger partial charge is 0.369 e. The van der Waals surface area contributed by atoms with Crippen LogP contribution in [0.25, 0.3) is 33.4 Å². The van der Waals surface area contributed by atoms with Crippen LogP contribution in [0.5, 0.6) is 0 Å². The minimum absolute atomic E-state index is 0.268. The van der Waals surface area contributed by atoms with Crippen LogP contribution in [0.15, 0.2) is 79.5 Å². The number of thioether (sulfide) groups is 1. The molecule has 34 heavy (non-hydrogen) atoms. The number of H-pyrrole nitrogens is 1. The lowest BCUT2D eigenvalue weighted by Gasteiger charge is -2.20. The summed E-state index contributed by atoms with van der Waals surface area (Å²) in [5, 5.41) is 4.69. The summed E-state index contributed by atoms with van der Waals surface area (Å²) in [5.74, 6) is 2.04. The van der Waals surface area contributed by atoms with Gasteiger partial charge in [-0.3, -0.25) is 9.97 Å². The van der Waals surface area contributed by atoms with E-state index in [2.05, 4.69) is 61.8 Å². The van der Waals surface area contributed by atoms with Crippen molar-refractivity contribution in [1.29, 1.82) is 0 Å². The lowest BCUT2D eigenvalue weighted by molar-refractivity contribution is 0.818. The number of hydrogen-bond acceptors (Lipinski definition) is 6. The van der Waals surface area contributed by atoms with Crippen LogP contribution in [-0.4, -0.2) is 43.5 Å². The average molecular weight is 467 g/mol. The van der Waals surface area contributed by atoms with Crippen molar-refractivity contribution in [3.05, 3.63) is 90.8 Å². The molecule has 0 fully saturated rings. The van der Waals surface area contributed by atoms with Crippen LogP contribution in [-0.2, 0) is 0 Å². The highest BCUT2D eigenvalue weighted by atomic mass is 32.2. The molecule has 4 heterocycles. The third kappa shape index (κ3) is 4.65. The third-order valence-electron chi connectivity index (χ3n) is 5.90. The number of rotatable bonds is 8. The van der Waals surface area contributed by atoms with E-state index in [1.54, 1.807) is 6.33 Å². The molecule has 0 aliphatic carbocycles. The van der Waals surface area contributed by atoms with Crippen molar-refractivity contribution in [2.75, 3.05) is 23.9 Å². The normalized spacial score (nSPS) is 12.1. The number of pyridine rings is 2. The number of fused-ring (bicyclic) bond motifs is 1. The molecule has 5 aromatic rings. The van der Waals surface area contributed by atoms with Gasteiger partial charge < -0.3 is 10.3 Å². The number of anilines is 1. The minimum Gasteiger partial charge on any atom is -0.369 e. The maximum absolute atomic E-state index is 4.79. The highest BCUT2D eigenvalue weighted by Crippen LogP contribution is 2.32. The van der Waals surface area contributed by atoms with E-state index < -0.39 is 0 Å². The number of nitrogens with zero attached hydrogens (tertiary/aromatic N) is 4. The van der Waals surface area contributed by atoms with Crippen LogP contribution in [0.2, 0.25) is 0 Å². The summed E-state index contributed by atoms with van der Waals surface area (Å²) in [7, 11) is 0. The molecule has 0 aliphatic rings. The van der Waals surface area contributed by atoms with Gasteiger partial charge in [0, 0.05) is 70.8 Å². The predicted molar refractivity (Wildman–Crippen MR) is 141 cm³/mol. The van der Waals surface area contributed by atoms with E-state index in [1.807, 2.05) is 61.5 Å². The van der Waals surface area contributed by atoms with Crippen LogP contribution < -0.4 is 5.32 Å². The summed E-state index contributed by atoms with van der Waals surface area (Å²) in [6, 6.07) is 18.7. The Kier molecular flexibility index (Phi) is 6.53. The Morgan fingerprint density at radius 3 is 2.74 bits per heavy atom. The summed E-state index contributed by atoms with van der Waals surface area (Å²) in [6.45, 7) is 2.72. The molecule has 170 valence electrons. The van der Waals surface area contributed by atoms with Crippen molar-refractivity contribution in [2.24, 2.45) is 0 Å². The number of aryl methyl sites for hydroxylation is 1. The number of benzene rings is 1. The van der Waals surface area contributed by atoms with E-state index in [1.165, 1.54) is 11.1 Å². The van der Waals surface area contributed by atoms with E-state index >= 15 is 0 Å². The molecule has 0 saturated heterocycles. The Morgan fingerprint density at radius 1 is 1.00 bits per heavy atom. The lowest BCUT2D eigenvalue weighted by Crippen LogP contribution is -2.16. The van der Waals surface area contributed by atoms with Gasteiger partial charge in [-0.05, 0) is 49.1 Å². The Hall–Kier alpha value is -3.71. The van der Waals surface area contributed by atoms with Crippen LogP contribution >= 0.6 is 11.8 Å². The molecular formula is C27H26N6S. The monoisotopic (exact) mass is 466 g/mol. The molecule has 0 radical (unpaired) electrons. The van der Waals surface area contributed by atoms with Crippen LogP contribution in [0, 0.1) is 6.92 Å². The van der Waals surface area contributed by atoms with Gasteiger partial charge in [-0.25, -0.2) is 9.97 Å². The molecule has 2 N–H and O–H groups in total. The van der Waals surface area contributed by atoms with Crippen molar-refractivity contribution >= 4 is 28.5 Å². The molecule has 4 aromatic heterocycles. The van der Waals surface area contributed by atoms with Crippen molar-refractivity contribution in [2.45, 2.75) is 12.8 Å². The zero-order valence-corrected chi connectivity index (χ0v) is 20.0. The van der Waals surface area contributed by atoms with Crippen molar-refractivity contribution < 1.29 is 0 Å². The first kappa shape index (κ1) is 22.1. The molecular weight excluding hydrogens is 440 g/mol. The summed E-state index contributed by atoms with van der Waals surface area (Å²) < 4.78 is 0. The van der Waals surface area contributed by atoms with E-state index in [9.17, 15) is 0 Å². The molecule has 1 aromatic carbocycles. The number of hydrogen-bond donors (Lipinski definition) is 2. The lowest BCUT2D eigenvalue weighted by atomic mass is 9.95. The number of aromatic nitrogens is 5. The Morgan fingerprint density at radius 2 is 1.94 bits per heavy atom. The molecule has 6 nitrogen and oxygen atoms in total. The smallest absolute Gasteiger partial charge is 0.129 e. The maximum atomic E-state index is 4.79. The Balaban J connectivity index is 1.43. The second-order valence-corrected chi connectivity index (χ2v) is 9.11. The Bertz CT molecular complexity index is 1380. The van der Waals surface area contributed by atoms with Gasteiger partial charge in [-0.1, -0.05) is 18.2 Å². The average Bonchev–Trinajstić information content (AvgIpc) is 3.41. The zero-order valence-electron chi connectivity index (χ0n) is 19.2. The molecule has 1 unspecified atom stereocenters. The molecule has 0 bridgehead atoms. The van der Waals surface area contributed by atoms with Gasteiger partial charge in [-0.2, -0.15) is 11.8 Å². The highest BCUT2D eigenvalue weighted by Gasteiger charge is 2.17.